The summed E-state index contributed by atoms with van der Waals surface area (Å²) in [6.07, 6.45) is 5.00. The van der Waals surface area contributed by atoms with Crippen LogP contribution in [0.3, 0.4) is 0 Å². The molecule has 0 spiro atoms. The number of pyridine rings is 1. The Labute approximate surface area is 104 Å². The molecule has 0 saturated carbocycles. The quantitative estimate of drug-likeness (QED) is 0.789. The molecule has 2 nitrogen and oxygen atoms in total. The minimum Gasteiger partial charge on any atom is -0.343 e. The van der Waals surface area contributed by atoms with Crippen LogP contribution < -0.4 is 0 Å². The van der Waals surface area contributed by atoms with Gasteiger partial charge in [0.1, 0.15) is 10.3 Å². The highest BCUT2D eigenvalue weighted by Crippen LogP contribution is 2.32. The molecule has 2 aromatic rings. The van der Waals surface area contributed by atoms with Crippen molar-refractivity contribution in [1.82, 2.24) is 9.97 Å². The van der Waals surface area contributed by atoms with E-state index in [-0.39, 0.29) is 0 Å². The van der Waals surface area contributed by atoms with Gasteiger partial charge < -0.3 is 4.98 Å². The predicted octanol–water partition coefficient (Wildman–Crippen LogP) is 3.84. The second kappa shape index (κ2) is 3.88. The highest BCUT2D eigenvalue weighted by atomic mass is 79.9. The maximum Gasteiger partial charge on any atom is 0.139 e. The standard InChI is InChI=1S/C13H15BrN2/c1-2-8-3-5-11-10(7-8)9-4-6-12(14)16-13(9)15-11/h4,6,8H,2-3,5,7H2,1H3,(H,15,16). The lowest BCUT2D eigenvalue weighted by Crippen LogP contribution is -2.12. The summed E-state index contributed by atoms with van der Waals surface area (Å²) < 4.78 is 0.908. The lowest BCUT2D eigenvalue weighted by Gasteiger charge is -2.20. The van der Waals surface area contributed by atoms with Crippen LogP contribution in [0.2, 0.25) is 0 Å². The molecule has 1 aliphatic rings. The Hall–Kier alpha value is -0.830. The van der Waals surface area contributed by atoms with Crippen LogP contribution in [-0.4, -0.2) is 9.97 Å². The SMILES string of the molecule is CCC1CCc2[nH]c3nc(Br)ccc3c2C1. The number of aryl methyl sites for hydroxylation is 1. The summed E-state index contributed by atoms with van der Waals surface area (Å²) in [5.41, 5.74) is 3.95. The van der Waals surface area contributed by atoms with E-state index >= 15 is 0 Å². The van der Waals surface area contributed by atoms with Gasteiger partial charge in [0, 0.05) is 11.1 Å². The van der Waals surface area contributed by atoms with Crippen LogP contribution in [0.5, 0.6) is 0 Å². The zero-order valence-electron chi connectivity index (χ0n) is 9.39. The lowest BCUT2D eigenvalue weighted by atomic mass is 9.85. The zero-order chi connectivity index (χ0) is 11.1. The first-order chi connectivity index (χ1) is 7.78. The van der Waals surface area contributed by atoms with Gasteiger partial charge in [-0.25, -0.2) is 4.98 Å². The summed E-state index contributed by atoms with van der Waals surface area (Å²) in [6.45, 7) is 2.29. The number of H-pyrrole nitrogens is 1. The number of fused-ring (bicyclic) bond motifs is 3. The van der Waals surface area contributed by atoms with E-state index in [1.54, 1.807) is 0 Å². The smallest absolute Gasteiger partial charge is 0.139 e. The molecule has 0 aliphatic heterocycles. The number of nitrogens with one attached hydrogen (secondary N) is 1. The summed E-state index contributed by atoms with van der Waals surface area (Å²) in [7, 11) is 0. The second-order valence-corrected chi connectivity index (χ2v) is 5.44. The topological polar surface area (TPSA) is 28.7 Å². The molecule has 0 amide bonds. The van der Waals surface area contributed by atoms with E-state index in [1.807, 2.05) is 6.07 Å². The van der Waals surface area contributed by atoms with Crippen molar-refractivity contribution in [1.29, 1.82) is 0 Å². The zero-order valence-corrected chi connectivity index (χ0v) is 11.0. The van der Waals surface area contributed by atoms with Crippen LogP contribution in [0, 0.1) is 5.92 Å². The van der Waals surface area contributed by atoms with Gasteiger partial charge in [-0.05, 0) is 58.8 Å². The predicted molar refractivity (Wildman–Crippen MR) is 69.6 cm³/mol. The number of hydrogen-bond donors (Lipinski definition) is 1. The van der Waals surface area contributed by atoms with Gasteiger partial charge in [0.05, 0.1) is 0 Å². The average Bonchev–Trinajstić information content (AvgIpc) is 2.65. The molecule has 1 aliphatic carbocycles. The molecule has 84 valence electrons. The second-order valence-electron chi connectivity index (χ2n) is 4.63. The van der Waals surface area contributed by atoms with Gasteiger partial charge in [0.25, 0.3) is 0 Å². The van der Waals surface area contributed by atoms with Gasteiger partial charge in [0.2, 0.25) is 0 Å². The van der Waals surface area contributed by atoms with Crippen molar-refractivity contribution in [3.8, 4) is 0 Å². The molecular formula is C13H15BrN2. The van der Waals surface area contributed by atoms with Crippen LogP contribution in [0.4, 0.5) is 0 Å². The Balaban J connectivity index is 2.14. The number of nitrogens with zero attached hydrogens (tertiary/aromatic N) is 1. The fourth-order valence-corrected chi connectivity index (χ4v) is 3.00. The first-order valence-corrected chi connectivity index (χ1v) is 6.73. The van der Waals surface area contributed by atoms with Crippen LogP contribution in [0.25, 0.3) is 11.0 Å². The van der Waals surface area contributed by atoms with Crippen molar-refractivity contribution >= 4 is 27.0 Å². The van der Waals surface area contributed by atoms with Crippen molar-refractivity contribution < 1.29 is 0 Å². The molecule has 1 atom stereocenters. The number of aromatic nitrogens is 2. The molecule has 1 N–H and O–H groups in total. The first-order valence-electron chi connectivity index (χ1n) is 5.94. The van der Waals surface area contributed by atoms with E-state index in [1.165, 1.54) is 42.3 Å². The maximum atomic E-state index is 4.49. The number of hydrogen-bond acceptors (Lipinski definition) is 1. The minimum absolute atomic E-state index is 0.857. The Morgan fingerprint density at radius 3 is 3.19 bits per heavy atom. The summed E-state index contributed by atoms with van der Waals surface area (Å²) in [4.78, 5) is 7.95. The molecule has 0 fully saturated rings. The highest BCUT2D eigenvalue weighted by molar-refractivity contribution is 9.10. The summed E-state index contributed by atoms with van der Waals surface area (Å²) in [6, 6.07) is 4.21. The summed E-state index contributed by atoms with van der Waals surface area (Å²) in [5.74, 6) is 0.857. The monoisotopic (exact) mass is 278 g/mol. The third kappa shape index (κ3) is 1.58. The number of rotatable bonds is 1. The molecule has 2 aromatic heterocycles. The van der Waals surface area contributed by atoms with E-state index in [4.69, 9.17) is 0 Å². The average molecular weight is 279 g/mol. The van der Waals surface area contributed by atoms with Gasteiger partial charge in [-0.15, -0.1) is 0 Å². The highest BCUT2D eigenvalue weighted by Gasteiger charge is 2.21. The van der Waals surface area contributed by atoms with Gasteiger partial charge in [-0.3, -0.25) is 0 Å². The Kier molecular flexibility index (Phi) is 2.51. The molecule has 1 unspecified atom stereocenters. The van der Waals surface area contributed by atoms with Gasteiger partial charge in [-0.2, -0.15) is 0 Å². The third-order valence-corrected chi connectivity index (χ3v) is 4.13. The maximum absolute atomic E-state index is 4.49. The molecule has 0 aromatic carbocycles. The Bertz CT molecular complexity index is 530. The van der Waals surface area contributed by atoms with Crippen LogP contribution in [0.15, 0.2) is 16.7 Å². The van der Waals surface area contributed by atoms with Crippen molar-refractivity contribution in [3.63, 3.8) is 0 Å². The van der Waals surface area contributed by atoms with Crippen molar-refractivity contribution in [3.05, 3.63) is 28.0 Å². The van der Waals surface area contributed by atoms with Crippen LogP contribution in [0.1, 0.15) is 31.0 Å². The van der Waals surface area contributed by atoms with Gasteiger partial charge >= 0.3 is 0 Å². The van der Waals surface area contributed by atoms with E-state index in [2.05, 4.69) is 38.9 Å². The van der Waals surface area contributed by atoms with Gasteiger partial charge in [0.15, 0.2) is 0 Å². The molecule has 3 rings (SSSR count). The van der Waals surface area contributed by atoms with Crippen molar-refractivity contribution in [2.75, 3.05) is 0 Å². The molecule has 16 heavy (non-hydrogen) atoms. The Morgan fingerprint density at radius 1 is 1.50 bits per heavy atom. The van der Waals surface area contributed by atoms with Crippen molar-refractivity contribution in [2.24, 2.45) is 5.92 Å². The number of halogens is 1. The summed E-state index contributed by atoms with van der Waals surface area (Å²) in [5, 5.41) is 1.32. The van der Waals surface area contributed by atoms with E-state index in [9.17, 15) is 0 Å². The first kappa shape index (κ1) is 10.3. The molecular weight excluding hydrogens is 264 g/mol. The van der Waals surface area contributed by atoms with Gasteiger partial charge in [-0.1, -0.05) is 13.3 Å². The molecule has 0 bridgehead atoms. The van der Waals surface area contributed by atoms with Crippen molar-refractivity contribution in [2.45, 2.75) is 32.6 Å². The molecule has 3 heteroatoms. The largest absolute Gasteiger partial charge is 0.343 e. The molecule has 0 radical (unpaired) electrons. The lowest BCUT2D eigenvalue weighted by molar-refractivity contribution is 0.444. The third-order valence-electron chi connectivity index (χ3n) is 3.69. The van der Waals surface area contributed by atoms with E-state index in [0.29, 0.717) is 0 Å². The fraction of sp³-hybridized carbons (Fsp3) is 0.462. The number of aromatic amines is 1. The minimum atomic E-state index is 0.857. The van der Waals surface area contributed by atoms with Crippen LogP contribution in [-0.2, 0) is 12.8 Å². The molecule has 2 heterocycles. The summed E-state index contributed by atoms with van der Waals surface area (Å²) >= 11 is 3.42. The molecule has 0 saturated heterocycles. The van der Waals surface area contributed by atoms with Crippen LogP contribution >= 0.6 is 15.9 Å². The van der Waals surface area contributed by atoms with E-state index < -0.39 is 0 Å². The fourth-order valence-electron chi connectivity index (χ4n) is 2.69. The normalized spacial score (nSPS) is 20.0. The van der Waals surface area contributed by atoms with E-state index in [0.717, 1.165) is 16.2 Å². The Morgan fingerprint density at radius 2 is 2.38 bits per heavy atom.